The molecule has 0 atom stereocenters. The summed E-state index contributed by atoms with van der Waals surface area (Å²) in [6.07, 6.45) is 1.52. The molecule has 0 unspecified atom stereocenters. The van der Waals surface area contributed by atoms with Crippen LogP contribution >= 0.6 is 27.3 Å². The second-order valence-electron chi connectivity index (χ2n) is 4.81. The van der Waals surface area contributed by atoms with Gasteiger partial charge in [-0.3, -0.25) is 9.59 Å². The lowest BCUT2D eigenvalue weighted by atomic mass is 10.1. The van der Waals surface area contributed by atoms with Crippen molar-refractivity contribution in [3.8, 4) is 6.07 Å². The van der Waals surface area contributed by atoms with Gasteiger partial charge >= 0.3 is 0 Å². The van der Waals surface area contributed by atoms with E-state index in [1.807, 2.05) is 30.3 Å². The summed E-state index contributed by atoms with van der Waals surface area (Å²) < 4.78 is 0.908. The van der Waals surface area contributed by atoms with E-state index in [0.717, 1.165) is 21.4 Å². The molecule has 1 heterocycles. The Morgan fingerprint density at radius 3 is 2.79 bits per heavy atom. The number of amides is 2. The van der Waals surface area contributed by atoms with Gasteiger partial charge in [0, 0.05) is 11.4 Å². The molecule has 8 heteroatoms. The lowest BCUT2D eigenvalue weighted by Crippen LogP contribution is -2.17. The van der Waals surface area contributed by atoms with Crippen LogP contribution in [0.25, 0.3) is 0 Å². The van der Waals surface area contributed by atoms with Crippen LogP contribution in [0.3, 0.4) is 0 Å². The molecule has 0 aliphatic carbocycles. The average Bonchev–Trinajstić information content (AvgIpc) is 2.82. The van der Waals surface area contributed by atoms with Crippen molar-refractivity contribution in [3.63, 3.8) is 0 Å². The predicted octanol–water partition coefficient (Wildman–Crippen LogP) is 3.41. The van der Waals surface area contributed by atoms with Gasteiger partial charge in [0.1, 0.15) is 15.9 Å². The topological polar surface area (TPSA) is 94.3 Å². The van der Waals surface area contributed by atoms with Gasteiger partial charge in [-0.25, -0.2) is 5.43 Å². The molecule has 2 aromatic rings. The number of halogens is 1. The number of nitrogens with zero attached hydrogens (tertiary/aromatic N) is 2. The Bertz CT molecular complexity index is 867. The molecule has 0 saturated carbocycles. The van der Waals surface area contributed by atoms with Gasteiger partial charge in [0.2, 0.25) is 5.91 Å². The first-order valence-corrected chi connectivity index (χ1v) is 8.43. The van der Waals surface area contributed by atoms with Crippen LogP contribution < -0.4 is 10.7 Å². The van der Waals surface area contributed by atoms with Crippen LogP contribution in [0.1, 0.15) is 33.3 Å². The molecule has 122 valence electrons. The van der Waals surface area contributed by atoms with Gasteiger partial charge in [-0.2, -0.15) is 10.4 Å². The van der Waals surface area contributed by atoms with Crippen LogP contribution in [0.2, 0.25) is 0 Å². The molecular formula is C16H13BrN4O2S. The van der Waals surface area contributed by atoms with Crippen LogP contribution in [0.15, 0.2) is 33.8 Å². The van der Waals surface area contributed by atoms with Crippen molar-refractivity contribution in [1.29, 1.82) is 5.26 Å². The zero-order chi connectivity index (χ0) is 17.7. The highest BCUT2D eigenvalue weighted by Crippen LogP contribution is 2.32. The SMILES string of the molecule is CC(=O)Nc1sc(C(=O)N/N=C\c2cccc(Br)c2)c(C)c1C#N. The van der Waals surface area contributed by atoms with Crippen molar-refractivity contribution in [2.24, 2.45) is 5.10 Å². The molecule has 24 heavy (non-hydrogen) atoms. The summed E-state index contributed by atoms with van der Waals surface area (Å²) in [7, 11) is 0. The van der Waals surface area contributed by atoms with Crippen LogP contribution in [-0.4, -0.2) is 18.0 Å². The first kappa shape index (κ1) is 17.8. The monoisotopic (exact) mass is 404 g/mol. The van der Waals surface area contributed by atoms with E-state index in [9.17, 15) is 14.9 Å². The smallest absolute Gasteiger partial charge is 0.281 e. The van der Waals surface area contributed by atoms with Gasteiger partial charge in [0.05, 0.1) is 11.8 Å². The zero-order valence-electron chi connectivity index (χ0n) is 12.9. The van der Waals surface area contributed by atoms with Crippen LogP contribution in [0, 0.1) is 18.3 Å². The summed E-state index contributed by atoms with van der Waals surface area (Å²) in [6.45, 7) is 3.01. The molecule has 0 bridgehead atoms. The Morgan fingerprint density at radius 2 is 2.17 bits per heavy atom. The summed E-state index contributed by atoms with van der Waals surface area (Å²) in [5.41, 5.74) is 4.06. The van der Waals surface area contributed by atoms with Crippen LogP contribution in [0.5, 0.6) is 0 Å². The number of hydrogen-bond donors (Lipinski definition) is 2. The number of thiophene rings is 1. The molecule has 0 fully saturated rings. The van der Waals surface area contributed by atoms with Gasteiger partial charge in [-0.1, -0.05) is 28.1 Å². The number of carbonyl (C=O) groups excluding carboxylic acids is 2. The van der Waals surface area contributed by atoms with E-state index in [2.05, 4.69) is 31.8 Å². The molecule has 1 aromatic heterocycles. The third-order valence-corrected chi connectivity index (χ3v) is 4.68. The number of benzene rings is 1. The first-order chi connectivity index (χ1) is 11.4. The minimum atomic E-state index is -0.433. The van der Waals surface area contributed by atoms with E-state index >= 15 is 0 Å². The summed E-state index contributed by atoms with van der Waals surface area (Å²) in [6, 6.07) is 9.45. The van der Waals surface area contributed by atoms with E-state index in [1.54, 1.807) is 6.92 Å². The maximum absolute atomic E-state index is 12.2. The number of nitriles is 1. The van der Waals surface area contributed by atoms with Crippen LogP contribution in [-0.2, 0) is 4.79 Å². The number of rotatable bonds is 4. The molecule has 2 amide bonds. The lowest BCUT2D eigenvalue weighted by molar-refractivity contribution is -0.114. The highest BCUT2D eigenvalue weighted by molar-refractivity contribution is 9.10. The maximum atomic E-state index is 12.2. The van der Waals surface area contributed by atoms with Gasteiger partial charge in [0.15, 0.2) is 0 Å². The number of nitrogens with one attached hydrogen (secondary N) is 2. The number of carbonyl (C=O) groups is 2. The molecule has 6 nitrogen and oxygen atoms in total. The first-order valence-electron chi connectivity index (χ1n) is 6.82. The van der Waals surface area contributed by atoms with Gasteiger partial charge in [0.25, 0.3) is 5.91 Å². The predicted molar refractivity (Wildman–Crippen MR) is 97.3 cm³/mol. The average molecular weight is 405 g/mol. The van der Waals surface area contributed by atoms with Gasteiger partial charge in [-0.15, -0.1) is 11.3 Å². The van der Waals surface area contributed by atoms with E-state index < -0.39 is 5.91 Å². The normalized spacial score (nSPS) is 10.4. The van der Waals surface area contributed by atoms with E-state index in [0.29, 0.717) is 15.4 Å². The van der Waals surface area contributed by atoms with E-state index in [-0.39, 0.29) is 11.5 Å². The number of anilines is 1. The summed E-state index contributed by atoms with van der Waals surface area (Å²) >= 11 is 4.40. The molecule has 0 aliphatic rings. The van der Waals surface area contributed by atoms with Gasteiger partial charge < -0.3 is 5.32 Å². The minimum Gasteiger partial charge on any atom is -0.317 e. The fourth-order valence-corrected chi connectivity index (χ4v) is 3.43. The molecule has 2 rings (SSSR count). The highest BCUT2D eigenvalue weighted by atomic mass is 79.9. The van der Waals surface area contributed by atoms with E-state index in [1.165, 1.54) is 13.1 Å². The Morgan fingerprint density at radius 1 is 1.42 bits per heavy atom. The highest BCUT2D eigenvalue weighted by Gasteiger charge is 2.20. The Kier molecular flexibility index (Phi) is 5.84. The quantitative estimate of drug-likeness (QED) is 0.603. The molecule has 2 N–H and O–H groups in total. The Balaban J connectivity index is 2.17. The van der Waals surface area contributed by atoms with Crippen molar-refractivity contribution in [2.45, 2.75) is 13.8 Å². The molecule has 1 aromatic carbocycles. The molecule has 0 spiro atoms. The maximum Gasteiger partial charge on any atom is 0.281 e. The second kappa shape index (κ2) is 7.86. The van der Waals surface area contributed by atoms with E-state index in [4.69, 9.17) is 0 Å². The zero-order valence-corrected chi connectivity index (χ0v) is 15.3. The van der Waals surface area contributed by atoms with Crippen LogP contribution in [0.4, 0.5) is 5.00 Å². The fourth-order valence-electron chi connectivity index (χ4n) is 1.92. The molecular weight excluding hydrogens is 392 g/mol. The molecule has 0 aliphatic heterocycles. The Hall–Kier alpha value is -2.50. The summed E-state index contributed by atoms with van der Waals surface area (Å²) in [5.74, 6) is -0.732. The summed E-state index contributed by atoms with van der Waals surface area (Å²) in [5, 5.41) is 16.0. The fraction of sp³-hybridized carbons (Fsp3) is 0.125. The number of hydrazone groups is 1. The Labute approximate surface area is 151 Å². The van der Waals surface area contributed by atoms with Crippen molar-refractivity contribution in [3.05, 3.63) is 50.3 Å². The third-order valence-electron chi connectivity index (χ3n) is 2.98. The summed E-state index contributed by atoms with van der Waals surface area (Å²) in [4.78, 5) is 23.8. The molecule has 0 radical (unpaired) electrons. The number of hydrogen-bond acceptors (Lipinski definition) is 5. The third kappa shape index (κ3) is 4.28. The minimum absolute atomic E-state index is 0.288. The van der Waals surface area contributed by atoms with Crippen molar-refractivity contribution in [2.75, 3.05) is 5.32 Å². The van der Waals surface area contributed by atoms with Crippen molar-refractivity contribution < 1.29 is 9.59 Å². The largest absolute Gasteiger partial charge is 0.317 e. The standard InChI is InChI=1S/C16H13BrN4O2S/c1-9-13(7-18)16(20-10(2)22)24-14(9)15(23)21-19-8-11-4-3-5-12(17)6-11/h3-6,8H,1-2H3,(H,20,22)(H,21,23)/b19-8-. The second-order valence-corrected chi connectivity index (χ2v) is 6.74. The lowest BCUT2D eigenvalue weighted by Gasteiger charge is -1.98. The van der Waals surface area contributed by atoms with Gasteiger partial charge in [-0.05, 0) is 30.2 Å². The van der Waals surface area contributed by atoms with Crippen molar-refractivity contribution in [1.82, 2.24) is 5.43 Å². The van der Waals surface area contributed by atoms with Crippen molar-refractivity contribution >= 4 is 50.3 Å². The molecule has 0 saturated heterocycles.